The maximum Gasteiger partial charge on any atom is 0.191 e. The molecule has 1 rings (SSSR count). The molecule has 0 heterocycles. The highest BCUT2D eigenvalue weighted by molar-refractivity contribution is 14.0. The van der Waals surface area contributed by atoms with E-state index >= 15 is 0 Å². The van der Waals surface area contributed by atoms with Crippen LogP contribution in [0.25, 0.3) is 0 Å². The minimum Gasteiger partial charge on any atom is -0.357 e. The number of halogens is 1. The summed E-state index contributed by atoms with van der Waals surface area (Å²) < 4.78 is 0. The van der Waals surface area contributed by atoms with Crippen molar-refractivity contribution in [2.75, 3.05) is 6.54 Å². The molecule has 1 unspecified atom stereocenters. The molecular formula is C15H23IN4. The molecular weight excluding hydrogens is 363 g/mol. The molecule has 0 spiro atoms. The average molecular weight is 386 g/mol. The van der Waals surface area contributed by atoms with Crippen molar-refractivity contribution in [3.8, 4) is 6.07 Å². The lowest BCUT2D eigenvalue weighted by molar-refractivity contribution is 0.624. The lowest BCUT2D eigenvalue weighted by atomic mass is 10.1. The highest BCUT2D eigenvalue weighted by Gasteiger charge is 2.02. The van der Waals surface area contributed by atoms with Crippen molar-refractivity contribution in [3.05, 3.63) is 35.4 Å². The van der Waals surface area contributed by atoms with Crippen LogP contribution in [0.4, 0.5) is 0 Å². The fraction of sp³-hybridized carbons (Fsp3) is 0.467. The average Bonchev–Trinajstić information content (AvgIpc) is 2.45. The summed E-state index contributed by atoms with van der Waals surface area (Å²) in [5.74, 6) is 0.834. The van der Waals surface area contributed by atoms with E-state index in [9.17, 15) is 0 Å². The smallest absolute Gasteiger partial charge is 0.191 e. The first-order valence-corrected chi connectivity index (χ1v) is 6.73. The molecule has 0 radical (unpaired) electrons. The third-order valence-electron chi connectivity index (χ3n) is 2.84. The number of benzene rings is 1. The fourth-order valence-corrected chi connectivity index (χ4v) is 1.51. The lowest BCUT2D eigenvalue weighted by Gasteiger charge is -2.16. The van der Waals surface area contributed by atoms with Crippen molar-refractivity contribution < 1.29 is 0 Å². The summed E-state index contributed by atoms with van der Waals surface area (Å²) in [6.07, 6.45) is 1.06. The molecule has 0 aliphatic rings. The van der Waals surface area contributed by atoms with Gasteiger partial charge in [0.2, 0.25) is 0 Å². The number of hydrogen-bond acceptors (Lipinski definition) is 2. The van der Waals surface area contributed by atoms with Crippen molar-refractivity contribution in [2.24, 2.45) is 4.99 Å². The van der Waals surface area contributed by atoms with Crippen LogP contribution in [0, 0.1) is 11.3 Å². The molecule has 0 fully saturated rings. The molecule has 1 aromatic rings. The molecule has 4 nitrogen and oxygen atoms in total. The molecule has 1 atom stereocenters. The number of guanidine groups is 1. The molecule has 0 saturated heterocycles. The van der Waals surface area contributed by atoms with E-state index in [0.29, 0.717) is 18.2 Å². The molecule has 0 bridgehead atoms. The van der Waals surface area contributed by atoms with Crippen LogP contribution in [0.15, 0.2) is 29.3 Å². The van der Waals surface area contributed by atoms with Gasteiger partial charge in [0.1, 0.15) is 0 Å². The molecule has 0 aliphatic carbocycles. The van der Waals surface area contributed by atoms with Gasteiger partial charge in [-0.15, -0.1) is 24.0 Å². The van der Waals surface area contributed by atoms with Crippen LogP contribution in [-0.4, -0.2) is 18.5 Å². The summed E-state index contributed by atoms with van der Waals surface area (Å²) in [5.41, 5.74) is 1.78. The standard InChI is InChI=1S/C15H22N4.HI/c1-4-12(3)19-15(17-5-2)18-11-14-8-6-13(10-16)7-9-14;/h6-9,12H,4-5,11H2,1-3H3,(H2,17,18,19);1H. The predicted molar refractivity (Wildman–Crippen MR) is 94.3 cm³/mol. The van der Waals surface area contributed by atoms with Gasteiger partial charge in [0, 0.05) is 12.6 Å². The molecule has 0 saturated carbocycles. The Bertz CT molecular complexity index is 448. The third kappa shape index (κ3) is 6.75. The van der Waals surface area contributed by atoms with Crippen LogP contribution in [0.5, 0.6) is 0 Å². The van der Waals surface area contributed by atoms with E-state index in [1.165, 1.54) is 0 Å². The van der Waals surface area contributed by atoms with Crippen LogP contribution in [0.3, 0.4) is 0 Å². The summed E-state index contributed by atoms with van der Waals surface area (Å²) in [6.45, 7) is 7.78. The van der Waals surface area contributed by atoms with Gasteiger partial charge >= 0.3 is 0 Å². The number of hydrogen-bond donors (Lipinski definition) is 2. The van der Waals surface area contributed by atoms with Crippen LogP contribution in [0.1, 0.15) is 38.3 Å². The van der Waals surface area contributed by atoms with Crippen LogP contribution in [-0.2, 0) is 6.54 Å². The van der Waals surface area contributed by atoms with E-state index in [-0.39, 0.29) is 24.0 Å². The number of aliphatic imine (C=N–C) groups is 1. The molecule has 0 aliphatic heterocycles. The predicted octanol–water partition coefficient (Wildman–Crippen LogP) is 3.03. The highest BCUT2D eigenvalue weighted by Crippen LogP contribution is 2.04. The topological polar surface area (TPSA) is 60.2 Å². The van der Waals surface area contributed by atoms with Gasteiger partial charge < -0.3 is 10.6 Å². The Labute approximate surface area is 138 Å². The first-order chi connectivity index (χ1) is 9.19. The number of rotatable bonds is 5. The van der Waals surface area contributed by atoms with Crippen molar-refractivity contribution in [2.45, 2.75) is 39.8 Å². The summed E-state index contributed by atoms with van der Waals surface area (Å²) >= 11 is 0. The summed E-state index contributed by atoms with van der Waals surface area (Å²) in [4.78, 5) is 4.54. The normalized spacial score (nSPS) is 12.0. The van der Waals surface area contributed by atoms with E-state index in [1.807, 2.05) is 24.3 Å². The van der Waals surface area contributed by atoms with E-state index < -0.39 is 0 Å². The third-order valence-corrected chi connectivity index (χ3v) is 2.84. The van der Waals surface area contributed by atoms with Crippen molar-refractivity contribution >= 4 is 29.9 Å². The van der Waals surface area contributed by atoms with E-state index in [0.717, 1.165) is 24.5 Å². The summed E-state index contributed by atoms with van der Waals surface area (Å²) in [7, 11) is 0. The monoisotopic (exact) mass is 386 g/mol. The van der Waals surface area contributed by atoms with Crippen molar-refractivity contribution in [3.63, 3.8) is 0 Å². The molecule has 2 N–H and O–H groups in total. The van der Waals surface area contributed by atoms with Crippen LogP contribution >= 0.6 is 24.0 Å². The van der Waals surface area contributed by atoms with E-state index in [2.05, 4.69) is 42.5 Å². The second-order valence-electron chi connectivity index (χ2n) is 4.46. The lowest BCUT2D eigenvalue weighted by Crippen LogP contribution is -2.41. The zero-order valence-corrected chi connectivity index (χ0v) is 14.6. The minimum atomic E-state index is 0. The Morgan fingerprint density at radius 2 is 1.95 bits per heavy atom. The fourth-order valence-electron chi connectivity index (χ4n) is 1.51. The molecule has 110 valence electrons. The summed E-state index contributed by atoms with van der Waals surface area (Å²) in [6, 6.07) is 10.0. The number of nitrogens with zero attached hydrogens (tertiary/aromatic N) is 2. The van der Waals surface area contributed by atoms with Crippen LogP contribution in [0.2, 0.25) is 0 Å². The van der Waals surface area contributed by atoms with E-state index in [1.54, 1.807) is 0 Å². The quantitative estimate of drug-likeness (QED) is 0.465. The Balaban J connectivity index is 0.00000361. The Hall–Kier alpha value is -1.29. The molecule has 20 heavy (non-hydrogen) atoms. The molecule has 0 amide bonds. The van der Waals surface area contributed by atoms with Gasteiger partial charge in [0.25, 0.3) is 0 Å². The molecule has 1 aromatic carbocycles. The molecule has 0 aromatic heterocycles. The van der Waals surface area contributed by atoms with E-state index in [4.69, 9.17) is 5.26 Å². The second-order valence-corrected chi connectivity index (χ2v) is 4.46. The Morgan fingerprint density at radius 3 is 2.45 bits per heavy atom. The van der Waals surface area contributed by atoms with Gasteiger partial charge in [-0.25, -0.2) is 4.99 Å². The number of nitriles is 1. The summed E-state index contributed by atoms with van der Waals surface area (Å²) in [5, 5.41) is 15.3. The zero-order valence-electron chi connectivity index (χ0n) is 12.3. The molecule has 5 heteroatoms. The van der Waals surface area contributed by atoms with Gasteiger partial charge in [0.05, 0.1) is 18.2 Å². The Morgan fingerprint density at radius 1 is 1.30 bits per heavy atom. The van der Waals surface area contributed by atoms with Crippen molar-refractivity contribution in [1.29, 1.82) is 5.26 Å². The van der Waals surface area contributed by atoms with Gasteiger partial charge in [-0.1, -0.05) is 19.1 Å². The first-order valence-electron chi connectivity index (χ1n) is 6.73. The van der Waals surface area contributed by atoms with Gasteiger partial charge in [-0.05, 0) is 38.0 Å². The van der Waals surface area contributed by atoms with Gasteiger partial charge in [0.15, 0.2) is 5.96 Å². The SMILES string of the molecule is CCNC(=NCc1ccc(C#N)cc1)NC(C)CC.I. The first kappa shape index (κ1) is 18.7. The largest absolute Gasteiger partial charge is 0.357 e. The van der Waals surface area contributed by atoms with Gasteiger partial charge in [-0.2, -0.15) is 5.26 Å². The van der Waals surface area contributed by atoms with Gasteiger partial charge in [-0.3, -0.25) is 0 Å². The highest BCUT2D eigenvalue weighted by atomic mass is 127. The van der Waals surface area contributed by atoms with Crippen molar-refractivity contribution in [1.82, 2.24) is 10.6 Å². The maximum atomic E-state index is 8.75. The number of nitrogens with one attached hydrogen (secondary N) is 2. The second kappa shape index (κ2) is 10.5. The van der Waals surface area contributed by atoms with Crippen LogP contribution < -0.4 is 10.6 Å². The zero-order chi connectivity index (χ0) is 14.1. The minimum absolute atomic E-state index is 0. The Kier molecular flexibility index (Phi) is 9.82. The maximum absolute atomic E-state index is 8.75.